The summed E-state index contributed by atoms with van der Waals surface area (Å²) in [6, 6.07) is 6.24. The SMILES string of the molecule is Cc1nnc(Nc2cccc([C@@H]3CN(CC(=O)N(C)C4CCCCC4)CCO3)n2)s1. The van der Waals surface area contributed by atoms with Gasteiger partial charge in [-0.2, -0.15) is 0 Å². The Morgan fingerprint density at radius 1 is 1.30 bits per heavy atom. The lowest BCUT2D eigenvalue weighted by Gasteiger charge is -2.36. The van der Waals surface area contributed by atoms with Crippen molar-refractivity contribution in [2.45, 2.75) is 51.2 Å². The molecule has 1 N–H and O–H groups in total. The van der Waals surface area contributed by atoms with Gasteiger partial charge in [0.05, 0.1) is 18.8 Å². The van der Waals surface area contributed by atoms with Gasteiger partial charge in [-0.25, -0.2) is 4.98 Å². The summed E-state index contributed by atoms with van der Waals surface area (Å²) >= 11 is 1.49. The van der Waals surface area contributed by atoms with Gasteiger partial charge in [0.25, 0.3) is 0 Å². The first kappa shape index (κ1) is 21.1. The molecule has 0 spiro atoms. The van der Waals surface area contributed by atoms with Gasteiger partial charge in [-0.3, -0.25) is 9.69 Å². The van der Waals surface area contributed by atoms with E-state index in [0.29, 0.717) is 25.7 Å². The van der Waals surface area contributed by atoms with E-state index in [-0.39, 0.29) is 12.0 Å². The molecule has 2 aromatic heterocycles. The van der Waals surface area contributed by atoms with Gasteiger partial charge in [0.2, 0.25) is 11.0 Å². The fourth-order valence-corrected chi connectivity index (χ4v) is 4.76. The number of nitrogens with zero attached hydrogens (tertiary/aromatic N) is 5. The van der Waals surface area contributed by atoms with Gasteiger partial charge < -0.3 is 15.0 Å². The molecule has 0 aromatic carbocycles. The lowest BCUT2D eigenvalue weighted by Crippen LogP contribution is -2.47. The summed E-state index contributed by atoms with van der Waals surface area (Å²) in [6.45, 7) is 4.39. The molecule has 1 aliphatic heterocycles. The van der Waals surface area contributed by atoms with Crippen molar-refractivity contribution in [1.29, 1.82) is 0 Å². The molecular formula is C21H30N6O2S. The second-order valence-electron chi connectivity index (χ2n) is 8.09. The molecule has 30 heavy (non-hydrogen) atoms. The molecule has 162 valence electrons. The number of ether oxygens (including phenoxy) is 1. The molecule has 1 saturated carbocycles. The van der Waals surface area contributed by atoms with Crippen LogP contribution < -0.4 is 5.32 Å². The lowest BCUT2D eigenvalue weighted by atomic mass is 9.94. The van der Waals surface area contributed by atoms with Gasteiger partial charge in [0.15, 0.2) is 0 Å². The van der Waals surface area contributed by atoms with Gasteiger partial charge in [-0.1, -0.05) is 36.7 Å². The Morgan fingerprint density at radius 3 is 2.90 bits per heavy atom. The van der Waals surface area contributed by atoms with Crippen LogP contribution in [0.15, 0.2) is 18.2 Å². The molecule has 3 heterocycles. The molecule has 1 amide bonds. The van der Waals surface area contributed by atoms with Crippen LogP contribution in [-0.2, 0) is 9.53 Å². The van der Waals surface area contributed by atoms with Crippen molar-refractivity contribution in [1.82, 2.24) is 25.0 Å². The van der Waals surface area contributed by atoms with Crippen LogP contribution in [-0.4, -0.2) is 70.2 Å². The monoisotopic (exact) mass is 430 g/mol. The number of likely N-dealkylation sites (N-methyl/N-ethyl adjacent to an activating group) is 1. The molecule has 2 aliphatic rings. The second kappa shape index (κ2) is 9.80. The number of rotatable bonds is 6. The van der Waals surface area contributed by atoms with Gasteiger partial charge in [-0.15, -0.1) is 10.2 Å². The maximum Gasteiger partial charge on any atom is 0.236 e. The normalized spacial score (nSPS) is 20.8. The van der Waals surface area contributed by atoms with E-state index in [2.05, 4.69) is 20.4 Å². The third-order valence-electron chi connectivity index (χ3n) is 5.89. The van der Waals surface area contributed by atoms with Gasteiger partial charge in [0, 0.05) is 26.2 Å². The molecule has 4 rings (SSSR count). The van der Waals surface area contributed by atoms with Crippen molar-refractivity contribution in [3.05, 3.63) is 28.9 Å². The number of aryl methyl sites for hydroxylation is 1. The zero-order chi connectivity index (χ0) is 20.9. The molecule has 0 unspecified atom stereocenters. The summed E-state index contributed by atoms with van der Waals surface area (Å²) in [7, 11) is 1.96. The van der Waals surface area contributed by atoms with Crippen LogP contribution in [0.25, 0.3) is 0 Å². The van der Waals surface area contributed by atoms with Crippen LogP contribution in [0.4, 0.5) is 10.9 Å². The van der Waals surface area contributed by atoms with Crippen molar-refractivity contribution in [3.63, 3.8) is 0 Å². The lowest BCUT2D eigenvalue weighted by molar-refractivity contribution is -0.135. The quantitative estimate of drug-likeness (QED) is 0.754. The number of hydrogen-bond acceptors (Lipinski definition) is 8. The number of pyridine rings is 1. The number of hydrogen-bond donors (Lipinski definition) is 1. The standard InChI is InChI=1S/C21H30N6O2S/c1-15-24-25-21(30-15)23-19-10-6-9-17(22-19)18-13-27(11-12-29-18)14-20(28)26(2)16-7-4-3-5-8-16/h6,9-10,16,18H,3-5,7-8,11-14H2,1-2H3,(H,22,23,25)/t18-/m0/s1. The van der Waals surface area contributed by atoms with Crippen molar-refractivity contribution < 1.29 is 9.53 Å². The zero-order valence-corrected chi connectivity index (χ0v) is 18.5. The molecular weight excluding hydrogens is 400 g/mol. The van der Waals surface area contributed by atoms with E-state index in [4.69, 9.17) is 9.72 Å². The van der Waals surface area contributed by atoms with E-state index >= 15 is 0 Å². The minimum atomic E-state index is -0.149. The van der Waals surface area contributed by atoms with E-state index in [1.54, 1.807) is 0 Å². The Morgan fingerprint density at radius 2 is 2.13 bits per heavy atom. The molecule has 2 aromatic rings. The number of morpholine rings is 1. The van der Waals surface area contributed by atoms with Crippen molar-refractivity contribution >= 4 is 28.2 Å². The van der Waals surface area contributed by atoms with Crippen LogP contribution in [0.5, 0.6) is 0 Å². The Hall–Kier alpha value is -2.10. The van der Waals surface area contributed by atoms with Crippen molar-refractivity contribution in [3.8, 4) is 0 Å². The summed E-state index contributed by atoms with van der Waals surface area (Å²) < 4.78 is 5.98. The summed E-state index contributed by atoms with van der Waals surface area (Å²) in [5.41, 5.74) is 0.860. The topological polar surface area (TPSA) is 83.5 Å². The predicted molar refractivity (Wildman–Crippen MR) is 117 cm³/mol. The van der Waals surface area contributed by atoms with E-state index in [1.807, 2.05) is 37.1 Å². The number of amides is 1. The smallest absolute Gasteiger partial charge is 0.236 e. The molecule has 1 atom stereocenters. The van der Waals surface area contributed by atoms with Crippen LogP contribution in [0.1, 0.15) is 48.9 Å². The predicted octanol–water partition coefficient (Wildman–Crippen LogP) is 3.15. The molecule has 9 heteroatoms. The molecule has 0 radical (unpaired) electrons. The molecule has 1 aliphatic carbocycles. The maximum atomic E-state index is 12.8. The average molecular weight is 431 g/mol. The number of anilines is 2. The largest absolute Gasteiger partial charge is 0.369 e. The zero-order valence-electron chi connectivity index (χ0n) is 17.7. The van der Waals surface area contributed by atoms with E-state index < -0.39 is 0 Å². The van der Waals surface area contributed by atoms with Crippen LogP contribution in [0, 0.1) is 6.92 Å². The van der Waals surface area contributed by atoms with Crippen LogP contribution >= 0.6 is 11.3 Å². The maximum absolute atomic E-state index is 12.8. The third-order valence-corrected chi connectivity index (χ3v) is 6.64. The fourth-order valence-electron chi connectivity index (χ4n) is 4.16. The summed E-state index contributed by atoms with van der Waals surface area (Å²) in [5, 5.41) is 12.9. The number of nitrogens with one attached hydrogen (secondary N) is 1. The second-order valence-corrected chi connectivity index (χ2v) is 9.27. The third kappa shape index (κ3) is 5.33. The Kier molecular flexibility index (Phi) is 6.91. The minimum Gasteiger partial charge on any atom is -0.369 e. The van der Waals surface area contributed by atoms with Gasteiger partial charge in [-0.05, 0) is 31.9 Å². The molecule has 1 saturated heterocycles. The first-order chi connectivity index (χ1) is 14.6. The average Bonchev–Trinajstić information content (AvgIpc) is 3.18. The van der Waals surface area contributed by atoms with E-state index in [9.17, 15) is 4.79 Å². The van der Waals surface area contributed by atoms with E-state index in [0.717, 1.165) is 41.0 Å². The van der Waals surface area contributed by atoms with Crippen molar-refractivity contribution in [2.75, 3.05) is 38.6 Å². The van der Waals surface area contributed by atoms with Gasteiger partial charge >= 0.3 is 0 Å². The first-order valence-electron chi connectivity index (χ1n) is 10.7. The van der Waals surface area contributed by atoms with Gasteiger partial charge in [0.1, 0.15) is 16.9 Å². The molecule has 8 nitrogen and oxygen atoms in total. The number of carbonyl (C=O) groups is 1. The molecule has 2 fully saturated rings. The highest BCUT2D eigenvalue weighted by atomic mass is 32.1. The fraction of sp³-hybridized carbons (Fsp3) is 0.619. The highest BCUT2D eigenvalue weighted by Gasteiger charge is 2.28. The first-order valence-corrected chi connectivity index (χ1v) is 11.5. The Bertz CT molecular complexity index is 854. The van der Waals surface area contributed by atoms with Crippen molar-refractivity contribution in [2.24, 2.45) is 0 Å². The van der Waals surface area contributed by atoms with E-state index in [1.165, 1.54) is 30.6 Å². The number of carbonyl (C=O) groups excluding carboxylic acids is 1. The number of aromatic nitrogens is 3. The Balaban J connectivity index is 1.35. The summed E-state index contributed by atoms with van der Waals surface area (Å²) in [5.74, 6) is 0.926. The Labute approximate surface area is 181 Å². The highest BCUT2D eigenvalue weighted by molar-refractivity contribution is 7.15. The van der Waals surface area contributed by atoms with Crippen LogP contribution in [0.2, 0.25) is 0 Å². The minimum absolute atomic E-state index is 0.149. The van der Waals surface area contributed by atoms with Crippen LogP contribution in [0.3, 0.4) is 0 Å². The highest BCUT2D eigenvalue weighted by Crippen LogP contribution is 2.25. The summed E-state index contributed by atoms with van der Waals surface area (Å²) in [6.07, 6.45) is 5.87. The summed E-state index contributed by atoms with van der Waals surface area (Å²) in [4.78, 5) is 21.7. The molecule has 0 bridgehead atoms.